The largest absolute Gasteiger partial charge is 0.486 e. The van der Waals surface area contributed by atoms with Crippen molar-refractivity contribution in [3.63, 3.8) is 0 Å². The highest BCUT2D eigenvalue weighted by atomic mass is 16.5. The zero-order valence-corrected chi connectivity index (χ0v) is 9.54. The summed E-state index contributed by atoms with van der Waals surface area (Å²) in [4.78, 5) is 15.0. The Labute approximate surface area is 104 Å². The van der Waals surface area contributed by atoms with Gasteiger partial charge in [0.25, 0.3) is 0 Å². The van der Waals surface area contributed by atoms with E-state index in [0.29, 0.717) is 5.69 Å². The lowest BCUT2D eigenvalue weighted by molar-refractivity contribution is 0.0692. The highest BCUT2D eigenvalue weighted by Gasteiger charge is 2.13. The number of nitrogen functional groups attached to an aromatic ring is 1. The van der Waals surface area contributed by atoms with Crippen molar-refractivity contribution in [2.45, 2.75) is 6.61 Å². The van der Waals surface area contributed by atoms with E-state index in [1.807, 2.05) is 6.07 Å². The molecular weight excluding hydrogens is 232 g/mol. The first-order chi connectivity index (χ1) is 8.68. The molecule has 5 nitrogen and oxygen atoms in total. The predicted molar refractivity (Wildman–Crippen MR) is 66.4 cm³/mol. The van der Waals surface area contributed by atoms with Crippen molar-refractivity contribution in [1.29, 1.82) is 0 Å². The third-order valence-corrected chi connectivity index (χ3v) is 2.38. The average molecular weight is 244 g/mol. The first-order valence-corrected chi connectivity index (χ1v) is 5.32. The summed E-state index contributed by atoms with van der Waals surface area (Å²) < 4.78 is 5.47. The van der Waals surface area contributed by atoms with Gasteiger partial charge in [-0.05, 0) is 18.2 Å². The van der Waals surface area contributed by atoms with Gasteiger partial charge in [-0.15, -0.1) is 0 Å². The van der Waals surface area contributed by atoms with Gasteiger partial charge in [0.2, 0.25) is 0 Å². The van der Waals surface area contributed by atoms with Crippen LogP contribution < -0.4 is 10.5 Å². The van der Waals surface area contributed by atoms with Crippen molar-refractivity contribution in [2.75, 3.05) is 5.73 Å². The zero-order chi connectivity index (χ0) is 13.0. The molecule has 1 aromatic heterocycles. The molecule has 0 saturated carbocycles. The standard InChI is InChI=1S/C13H12N2O3/c14-11-5-1-4-10(13(16)17)12(11)18-8-9-3-2-6-15-7-9/h1-7H,8,14H2,(H,16,17). The summed E-state index contributed by atoms with van der Waals surface area (Å²) in [6.07, 6.45) is 3.31. The summed E-state index contributed by atoms with van der Waals surface area (Å²) in [7, 11) is 0. The fraction of sp³-hybridized carbons (Fsp3) is 0.0769. The second kappa shape index (κ2) is 5.18. The van der Waals surface area contributed by atoms with Crippen molar-refractivity contribution in [3.8, 4) is 5.75 Å². The number of carbonyl (C=O) groups is 1. The first-order valence-electron chi connectivity index (χ1n) is 5.32. The van der Waals surface area contributed by atoms with Crippen molar-refractivity contribution < 1.29 is 14.6 Å². The Morgan fingerprint density at radius 2 is 2.17 bits per heavy atom. The Bertz CT molecular complexity index is 555. The number of pyridine rings is 1. The Balaban J connectivity index is 2.21. The minimum Gasteiger partial charge on any atom is -0.486 e. The number of para-hydroxylation sites is 1. The number of benzene rings is 1. The summed E-state index contributed by atoms with van der Waals surface area (Å²) in [6.45, 7) is 0.225. The van der Waals surface area contributed by atoms with E-state index in [1.165, 1.54) is 6.07 Å². The molecule has 92 valence electrons. The normalized spacial score (nSPS) is 10.0. The molecule has 5 heteroatoms. The van der Waals surface area contributed by atoms with Crippen LogP contribution in [0.4, 0.5) is 5.69 Å². The highest BCUT2D eigenvalue weighted by molar-refractivity contribution is 5.93. The van der Waals surface area contributed by atoms with Gasteiger partial charge in [-0.1, -0.05) is 12.1 Å². The lowest BCUT2D eigenvalue weighted by atomic mass is 10.1. The molecule has 0 aliphatic rings. The number of carboxylic acid groups (broad SMARTS) is 1. The quantitative estimate of drug-likeness (QED) is 0.803. The van der Waals surface area contributed by atoms with Gasteiger partial charge in [-0.3, -0.25) is 4.98 Å². The first kappa shape index (κ1) is 11.9. The van der Waals surface area contributed by atoms with Crippen molar-refractivity contribution >= 4 is 11.7 Å². The van der Waals surface area contributed by atoms with Crippen molar-refractivity contribution in [2.24, 2.45) is 0 Å². The summed E-state index contributed by atoms with van der Waals surface area (Å²) >= 11 is 0. The van der Waals surface area contributed by atoms with Gasteiger partial charge in [0.15, 0.2) is 5.75 Å². The van der Waals surface area contributed by atoms with Crippen LogP contribution in [0.3, 0.4) is 0 Å². The number of aromatic nitrogens is 1. The van der Waals surface area contributed by atoms with Crippen LogP contribution in [0.5, 0.6) is 5.75 Å². The third kappa shape index (κ3) is 2.57. The molecule has 0 fully saturated rings. The fourth-order valence-electron chi connectivity index (χ4n) is 1.52. The van der Waals surface area contributed by atoms with Gasteiger partial charge in [-0.25, -0.2) is 4.79 Å². The second-order valence-electron chi connectivity index (χ2n) is 3.68. The van der Waals surface area contributed by atoms with Crippen LogP contribution in [0.25, 0.3) is 0 Å². The van der Waals surface area contributed by atoms with Gasteiger partial charge >= 0.3 is 5.97 Å². The fourth-order valence-corrected chi connectivity index (χ4v) is 1.52. The maximum Gasteiger partial charge on any atom is 0.339 e. The number of aromatic carboxylic acids is 1. The van der Waals surface area contributed by atoms with E-state index < -0.39 is 5.97 Å². The monoisotopic (exact) mass is 244 g/mol. The number of hydrogen-bond donors (Lipinski definition) is 2. The molecule has 0 saturated heterocycles. The number of nitrogens with zero attached hydrogens (tertiary/aromatic N) is 1. The molecule has 0 aliphatic heterocycles. The van der Waals surface area contributed by atoms with Gasteiger partial charge in [0.05, 0.1) is 5.69 Å². The molecule has 0 radical (unpaired) electrons. The Morgan fingerprint density at radius 3 is 2.83 bits per heavy atom. The van der Waals surface area contributed by atoms with Crippen LogP contribution in [0.2, 0.25) is 0 Å². The number of hydrogen-bond acceptors (Lipinski definition) is 4. The van der Waals surface area contributed by atoms with E-state index in [0.717, 1.165) is 5.56 Å². The molecule has 1 heterocycles. The van der Waals surface area contributed by atoms with E-state index >= 15 is 0 Å². The minimum absolute atomic E-state index is 0.0545. The van der Waals surface area contributed by atoms with Gasteiger partial charge in [0.1, 0.15) is 12.2 Å². The molecule has 2 rings (SSSR count). The molecule has 0 aliphatic carbocycles. The third-order valence-electron chi connectivity index (χ3n) is 2.38. The summed E-state index contributed by atoms with van der Waals surface area (Å²) in [6, 6.07) is 8.26. The highest BCUT2D eigenvalue weighted by Crippen LogP contribution is 2.27. The minimum atomic E-state index is -1.07. The van der Waals surface area contributed by atoms with E-state index in [4.69, 9.17) is 15.6 Å². The van der Waals surface area contributed by atoms with Crippen LogP contribution in [0.1, 0.15) is 15.9 Å². The molecule has 0 bridgehead atoms. The van der Waals surface area contributed by atoms with Gasteiger partial charge < -0.3 is 15.6 Å². The average Bonchev–Trinajstić information content (AvgIpc) is 2.38. The molecule has 18 heavy (non-hydrogen) atoms. The number of ether oxygens (including phenoxy) is 1. The van der Waals surface area contributed by atoms with E-state index in [9.17, 15) is 4.79 Å². The Kier molecular flexibility index (Phi) is 3.43. The number of carboxylic acids is 1. The van der Waals surface area contributed by atoms with Crippen LogP contribution in [0, 0.1) is 0 Å². The molecular formula is C13H12N2O3. The van der Waals surface area contributed by atoms with E-state index in [1.54, 1.807) is 30.6 Å². The Morgan fingerprint density at radius 1 is 1.33 bits per heavy atom. The van der Waals surface area contributed by atoms with E-state index in [2.05, 4.69) is 4.98 Å². The van der Waals surface area contributed by atoms with Gasteiger partial charge in [-0.2, -0.15) is 0 Å². The van der Waals surface area contributed by atoms with Crippen LogP contribution in [-0.2, 0) is 6.61 Å². The van der Waals surface area contributed by atoms with Gasteiger partial charge in [0, 0.05) is 18.0 Å². The summed E-state index contributed by atoms with van der Waals surface area (Å²) in [5.74, 6) is -0.877. The molecule has 3 N–H and O–H groups in total. The van der Waals surface area contributed by atoms with Crippen LogP contribution in [0.15, 0.2) is 42.7 Å². The predicted octanol–water partition coefficient (Wildman–Crippen LogP) is 1.94. The second-order valence-corrected chi connectivity index (χ2v) is 3.68. The molecule has 2 aromatic rings. The zero-order valence-electron chi connectivity index (χ0n) is 9.54. The summed E-state index contributed by atoms with van der Waals surface area (Å²) in [5, 5.41) is 9.04. The maximum atomic E-state index is 11.0. The molecule has 1 aromatic carbocycles. The molecule has 0 spiro atoms. The van der Waals surface area contributed by atoms with Crippen molar-refractivity contribution in [3.05, 3.63) is 53.9 Å². The van der Waals surface area contributed by atoms with Crippen LogP contribution in [-0.4, -0.2) is 16.1 Å². The number of rotatable bonds is 4. The number of nitrogens with two attached hydrogens (primary N) is 1. The maximum absolute atomic E-state index is 11.0. The number of anilines is 1. The molecule has 0 amide bonds. The molecule has 0 atom stereocenters. The topological polar surface area (TPSA) is 85.4 Å². The SMILES string of the molecule is Nc1cccc(C(=O)O)c1OCc1cccnc1. The van der Waals surface area contributed by atoms with Crippen molar-refractivity contribution in [1.82, 2.24) is 4.98 Å². The smallest absolute Gasteiger partial charge is 0.339 e. The van der Waals surface area contributed by atoms with Crippen LogP contribution >= 0.6 is 0 Å². The Hall–Kier alpha value is -2.56. The lowest BCUT2D eigenvalue weighted by Gasteiger charge is -2.11. The summed E-state index contributed by atoms with van der Waals surface area (Å²) in [5.41, 5.74) is 6.92. The van der Waals surface area contributed by atoms with E-state index in [-0.39, 0.29) is 17.9 Å². The molecule has 0 unspecified atom stereocenters. The lowest BCUT2D eigenvalue weighted by Crippen LogP contribution is -2.06.